The molecule has 1 saturated heterocycles. The second-order valence-electron chi connectivity index (χ2n) is 7.37. The number of hydrogen-bond acceptors (Lipinski definition) is 3. The summed E-state index contributed by atoms with van der Waals surface area (Å²) in [6, 6.07) is 18.3. The van der Waals surface area contributed by atoms with E-state index in [0.717, 1.165) is 38.0 Å². The number of Topliss-reactive ketones (excluding diaryl/α,β-unsaturated/α-hetero) is 1. The summed E-state index contributed by atoms with van der Waals surface area (Å²) in [6.45, 7) is 2.60. The van der Waals surface area contributed by atoms with Gasteiger partial charge in [0.1, 0.15) is 5.82 Å². The average molecular weight is 374 g/mol. The molecule has 3 aromatic rings. The molecular weight excluding hydrogens is 351 g/mol. The molecule has 4 heteroatoms. The van der Waals surface area contributed by atoms with Gasteiger partial charge in [0.2, 0.25) is 0 Å². The highest BCUT2D eigenvalue weighted by Gasteiger charge is 2.25. The summed E-state index contributed by atoms with van der Waals surface area (Å²) in [7, 11) is 0. The number of pyridine rings is 1. The highest BCUT2D eigenvalue weighted by Crippen LogP contribution is 2.24. The molecule has 1 fully saturated rings. The van der Waals surface area contributed by atoms with Gasteiger partial charge in [-0.05, 0) is 67.4 Å². The molecule has 2 heterocycles. The maximum atomic E-state index is 13.1. The van der Waals surface area contributed by atoms with Crippen LogP contribution in [0.25, 0.3) is 11.1 Å². The lowest BCUT2D eigenvalue weighted by atomic mass is 9.88. The van der Waals surface area contributed by atoms with Crippen molar-refractivity contribution in [3.8, 4) is 11.1 Å². The fourth-order valence-electron chi connectivity index (χ4n) is 3.82. The molecule has 0 amide bonds. The van der Waals surface area contributed by atoms with Gasteiger partial charge >= 0.3 is 0 Å². The van der Waals surface area contributed by atoms with Crippen molar-refractivity contribution in [1.82, 2.24) is 9.88 Å². The van der Waals surface area contributed by atoms with Crippen LogP contribution in [0.15, 0.2) is 73.1 Å². The normalized spacial score (nSPS) is 15.5. The third-order valence-corrected chi connectivity index (χ3v) is 5.40. The predicted molar refractivity (Wildman–Crippen MR) is 108 cm³/mol. The lowest BCUT2D eigenvalue weighted by molar-refractivity contribution is 0.0834. The molecule has 0 atom stereocenters. The van der Waals surface area contributed by atoms with E-state index < -0.39 is 0 Å². The molecule has 0 bridgehead atoms. The van der Waals surface area contributed by atoms with Crippen LogP contribution in [0, 0.1) is 11.7 Å². The van der Waals surface area contributed by atoms with Gasteiger partial charge in [0.25, 0.3) is 0 Å². The van der Waals surface area contributed by atoms with Gasteiger partial charge in [-0.15, -0.1) is 0 Å². The van der Waals surface area contributed by atoms with Crippen LogP contribution < -0.4 is 0 Å². The zero-order valence-corrected chi connectivity index (χ0v) is 15.7. The fraction of sp³-hybridized carbons (Fsp3) is 0.250. The van der Waals surface area contributed by atoms with Gasteiger partial charge in [-0.3, -0.25) is 14.7 Å². The van der Waals surface area contributed by atoms with Gasteiger partial charge in [0.05, 0.1) is 0 Å². The Labute approximate surface area is 164 Å². The first-order chi connectivity index (χ1) is 13.7. The molecule has 142 valence electrons. The topological polar surface area (TPSA) is 33.2 Å². The summed E-state index contributed by atoms with van der Waals surface area (Å²) in [6.07, 6.45) is 5.48. The van der Waals surface area contributed by atoms with Gasteiger partial charge < -0.3 is 0 Å². The van der Waals surface area contributed by atoms with E-state index in [1.54, 1.807) is 12.1 Å². The zero-order chi connectivity index (χ0) is 19.3. The van der Waals surface area contributed by atoms with Gasteiger partial charge in [-0.25, -0.2) is 4.39 Å². The molecule has 1 aromatic heterocycles. The highest BCUT2D eigenvalue weighted by molar-refractivity contribution is 5.97. The second-order valence-corrected chi connectivity index (χ2v) is 7.37. The molecule has 0 aliphatic carbocycles. The Morgan fingerprint density at radius 2 is 1.68 bits per heavy atom. The largest absolute Gasteiger partial charge is 0.299 e. The maximum absolute atomic E-state index is 13.1. The molecule has 1 aliphatic heterocycles. The van der Waals surface area contributed by atoms with E-state index in [1.807, 2.05) is 30.6 Å². The number of carbonyl (C=O) groups is 1. The van der Waals surface area contributed by atoms with Crippen molar-refractivity contribution >= 4 is 5.78 Å². The van der Waals surface area contributed by atoms with Crippen LogP contribution in [-0.4, -0.2) is 28.8 Å². The first-order valence-electron chi connectivity index (χ1n) is 9.70. The Hall–Kier alpha value is -2.85. The number of carbonyl (C=O) groups excluding carboxylic acids is 1. The number of piperidine rings is 1. The minimum absolute atomic E-state index is 0.0236. The fourth-order valence-corrected chi connectivity index (χ4v) is 3.82. The molecule has 3 nitrogen and oxygen atoms in total. The van der Waals surface area contributed by atoms with Crippen molar-refractivity contribution in [3.05, 3.63) is 90.0 Å². The van der Waals surface area contributed by atoms with Crippen molar-refractivity contribution in [2.75, 3.05) is 13.1 Å². The van der Waals surface area contributed by atoms with Crippen LogP contribution in [-0.2, 0) is 6.54 Å². The van der Waals surface area contributed by atoms with Crippen molar-refractivity contribution in [2.45, 2.75) is 19.4 Å². The summed E-state index contributed by atoms with van der Waals surface area (Å²) in [5.41, 5.74) is 4.09. The molecule has 4 rings (SSSR count). The van der Waals surface area contributed by atoms with Crippen molar-refractivity contribution in [1.29, 1.82) is 0 Å². The Morgan fingerprint density at radius 1 is 0.964 bits per heavy atom. The Morgan fingerprint density at radius 3 is 2.39 bits per heavy atom. The van der Waals surface area contributed by atoms with Gasteiger partial charge in [0, 0.05) is 36.0 Å². The van der Waals surface area contributed by atoms with Crippen LogP contribution in [0.5, 0.6) is 0 Å². The van der Waals surface area contributed by atoms with Crippen LogP contribution in [0.2, 0.25) is 0 Å². The standard InChI is InChI=1S/C24H23FN2O/c25-23-8-6-20(7-9-23)24(28)21-10-12-27(13-11-21)17-18-14-22(16-26-15-18)19-4-2-1-3-5-19/h1-9,14-16,21H,10-13,17H2. The third kappa shape index (κ3) is 4.34. The molecule has 0 unspecified atom stereocenters. The van der Waals surface area contributed by atoms with E-state index in [-0.39, 0.29) is 17.5 Å². The van der Waals surface area contributed by atoms with E-state index in [9.17, 15) is 9.18 Å². The average Bonchev–Trinajstić information content (AvgIpc) is 2.75. The SMILES string of the molecule is O=C(c1ccc(F)cc1)C1CCN(Cc2cncc(-c3ccccc3)c2)CC1. The van der Waals surface area contributed by atoms with E-state index in [1.165, 1.54) is 23.3 Å². The minimum atomic E-state index is -0.308. The molecule has 2 aromatic carbocycles. The smallest absolute Gasteiger partial charge is 0.166 e. The zero-order valence-electron chi connectivity index (χ0n) is 15.7. The lowest BCUT2D eigenvalue weighted by Gasteiger charge is -2.31. The van der Waals surface area contributed by atoms with Gasteiger partial charge in [0.15, 0.2) is 5.78 Å². The van der Waals surface area contributed by atoms with E-state index >= 15 is 0 Å². The Balaban J connectivity index is 1.36. The van der Waals surface area contributed by atoms with Gasteiger partial charge in [-0.1, -0.05) is 30.3 Å². The van der Waals surface area contributed by atoms with E-state index in [4.69, 9.17) is 0 Å². The van der Waals surface area contributed by atoms with Gasteiger partial charge in [-0.2, -0.15) is 0 Å². The third-order valence-electron chi connectivity index (χ3n) is 5.40. The molecule has 0 N–H and O–H groups in total. The molecular formula is C24H23FN2O. The van der Waals surface area contributed by atoms with Crippen LogP contribution in [0.4, 0.5) is 4.39 Å². The number of nitrogens with zero attached hydrogens (tertiary/aromatic N) is 2. The monoisotopic (exact) mass is 374 g/mol. The van der Waals surface area contributed by atoms with Crippen molar-refractivity contribution in [3.63, 3.8) is 0 Å². The van der Waals surface area contributed by atoms with Crippen molar-refractivity contribution in [2.24, 2.45) is 5.92 Å². The number of hydrogen-bond donors (Lipinski definition) is 0. The van der Waals surface area contributed by atoms with E-state index in [0.29, 0.717) is 5.56 Å². The van der Waals surface area contributed by atoms with Crippen LogP contribution in [0.3, 0.4) is 0 Å². The molecule has 0 saturated carbocycles. The lowest BCUT2D eigenvalue weighted by Crippen LogP contribution is -2.36. The number of halogens is 1. The summed E-state index contributed by atoms with van der Waals surface area (Å²) in [4.78, 5) is 19.4. The molecule has 0 radical (unpaired) electrons. The Kier molecular flexibility index (Phi) is 5.58. The number of aromatic nitrogens is 1. The Bertz CT molecular complexity index is 932. The molecule has 1 aliphatic rings. The summed E-state index contributed by atoms with van der Waals surface area (Å²) >= 11 is 0. The summed E-state index contributed by atoms with van der Waals surface area (Å²) in [5.74, 6) is -0.152. The quantitative estimate of drug-likeness (QED) is 0.591. The number of benzene rings is 2. The van der Waals surface area contributed by atoms with Crippen molar-refractivity contribution < 1.29 is 9.18 Å². The first-order valence-corrected chi connectivity index (χ1v) is 9.70. The number of rotatable bonds is 5. The molecule has 28 heavy (non-hydrogen) atoms. The number of likely N-dealkylation sites (tertiary alicyclic amines) is 1. The van der Waals surface area contributed by atoms with Crippen LogP contribution >= 0.6 is 0 Å². The highest BCUT2D eigenvalue weighted by atomic mass is 19.1. The summed E-state index contributed by atoms with van der Waals surface area (Å²) < 4.78 is 13.1. The van der Waals surface area contributed by atoms with E-state index in [2.05, 4.69) is 28.1 Å². The second kappa shape index (κ2) is 8.44. The maximum Gasteiger partial charge on any atom is 0.166 e. The minimum Gasteiger partial charge on any atom is -0.299 e. The summed E-state index contributed by atoms with van der Waals surface area (Å²) in [5, 5.41) is 0. The molecule has 0 spiro atoms. The van der Waals surface area contributed by atoms with Crippen LogP contribution in [0.1, 0.15) is 28.8 Å². The predicted octanol–water partition coefficient (Wildman–Crippen LogP) is 4.98. The first kappa shape index (κ1) is 18.5. The number of ketones is 1.